The SMILES string of the molecule is Cc1cc(F)cc(-n2nc(-c3ccc(F)cc3)c(C3OCCN3C(C)c3ccc(N)cc3)n2)c1. The third-order valence-electron chi connectivity index (χ3n) is 6.09. The molecule has 2 unspecified atom stereocenters. The van der Waals surface area contributed by atoms with Crippen molar-refractivity contribution in [3.8, 4) is 16.9 Å². The summed E-state index contributed by atoms with van der Waals surface area (Å²) in [5, 5.41) is 9.42. The largest absolute Gasteiger partial charge is 0.399 e. The molecule has 2 atom stereocenters. The fourth-order valence-corrected chi connectivity index (χ4v) is 4.33. The highest BCUT2D eigenvalue weighted by Crippen LogP contribution is 2.38. The van der Waals surface area contributed by atoms with Gasteiger partial charge in [-0.25, -0.2) is 8.78 Å². The van der Waals surface area contributed by atoms with Crippen LogP contribution in [0.2, 0.25) is 0 Å². The minimum atomic E-state index is -0.476. The third-order valence-corrected chi connectivity index (χ3v) is 6.09. The number of hydrogen-bond acceptors (Lipinski definition) is 5. The maximum absolute atomic E-state index is 14.1. The fraction of sp³-hybridized carbons (Fsp3) is 0.231. The molecule has 6 nitrogen and oxygen atoms in total. The van der Waals surface area contributed by atoms with Gasteiger partial charge in [0.05, 0.1) is 12.3 Å². The lowest BCUT2D eigenvalue weighted by Crippen LogP contribution is -2.28. The van der Waals surface area contributed by atoms with Crippen molar-refractivity contribution >= 4 is 5.69 Å². The van der Waals surface area contributed by atoms with Gasteiger partial charge in [-0.3, -0.25) is 4.90 Å². The molecule has 1 fully saturated rings. The Morgan fingerprint density at radius 2 is 1.71 bits per heavy atom. The molecule has 0 amide bonds. The molecule has 8 heteroatoms. The van der Waals surface area contributed by atoms with Gasteiger partial charge in [0, 0.05) is 29.9 Å². The van der Waals surface area contributed by atoms with Crippen LogP contribution in [0.3, 0.4) is 0 Å². The van der Waals surface area contributed by atoms with Crippen molar-refractivity contribution in [2.75, 3.05) is 18.9 Å². The van der Waals surface area contributed by atoms with Gasteiger partial charge >= 0.3 is 0 Å². The van der Waals surface area contributed by atoms with Crippen LogP contribution in [0.1, 0.15) is 36.0 Å². The number of ether oxygens (including phenoxy) is 1. The van der Waals surface area contributed by atoms with Gasteiger partial charge in [-0.2, -0.15) is 4.80 Å². The van der Waals surface area contributed by atoms with E-state index in [9.17, 15) is 8.78 Å². The first-order valence-corrected chi connectivity index (χ1v) is 11.1. The van der Waals surface area contributed by atoms with Gasteiger partial charge in [-0.1, -0.05) is 12.1 Å². The van der Waals surface area contributed by atoms with Crippen molar-refractivity contribution in [1.29, 1.82) is 0 Å². The van der Waals surface area contributed by atoms with Gasteiger partial charge in [0.15, 0.2) is 6.23 Å². The first kappa shape index (κ1) is 22.2. The fourth-order valence-electron chi connectivity index (χ4n) is 4.33. The number of anilines is 1. The summed E-state index contributed by atoms with van der Waals surface area (Å²) >= 11 is 0. The van der Waals surface area contributed by atoms with Crippen LogP contribution < -0.4 is 5.73 Å². The van der Waals surface area contributed by atoms with Crippen molar-refractivity contribution < 1.29 is 13.5 Å². The van der Waals surface area contributed by atoms with Crippen LogP contribution >= 0.6 is 0 Å². The molecule has 1 saturated heterocycles. The van der Waals surface area contributed by atoms with Crippen LogP contribution in [0.25, 0.3) is 16.9 Å². The van der Waals surface area contributed by atoms with Crippen LogP contribution in [0.15, 0.2) is 66.7 Å². The van der Waals surface area contributed by atoms with Crippen LogP contribution in [-0.4, -0.2) is 33.0 Å². The molecule has 1 aliphatic heterocycles. The number of aryl methyl sites for hydroxylation is 1. The zero-order valence-corrected chi connectivity index (χ0v) is 19.0. The van der Waals surface area contributed by atoms with E-state index in [4.69, 9.17) is 15.6 Å². The van der Waals surface area contributed by atoms with E-state index in [1.54, 1.807) is 12.1 Å². The number of hydrogen-bond donors (Lipinski definition) is 1. The normalized spacial score (nSPS) is 17.2. The molecule has 174 valence electrons. The van der Waals surface area contributed by atoms with Crippen molar-refractivity contribution in [1.82, 2.24) is 19.9 Å². The molecule has 0 spiro atoms. The molecule has 4 aromatic rings. The van der Waals surface area contributed by atoms with E-state index in [1.807, 2.05) is 37.3 Å². The summed E-state index contributed by atoms with van der Waals surface area (Å²) < 4.78 is 33.9. The molecular formula is C26H25F2N5O. The lowest BCUT2D eigenvalue weighted by atomic mass is 10.0. The number of nitrogen functional groups attached to an aromatic ring is 1. The minimum absolute atomic E-state index is 0.0238. The van der Waals surface area contributed by atoms with Gasteiger partial charge in [0.25, 0.3) is 0 Å². The molecule has 0 aliphatic carbocycles. The summed E-state index contributed by atoms with van der Waals surface area (Å²) in [6.07, 6.45) is -0.476. The maximum atomic E-state index is 14.1. The molecular weight excluding hydrogens is 436 g/mol. The van der Waals surface area contributed by atoms with E-state index in [-0.39, 0.29) is 17.7 Å². The number of nitrogens with two attached hydrogens (primary N) is 1. The molecule has 3 aromatic carbocycles. The Labute approximate surface area is 196 Å². The zero-order valence-electron chi connectivity index (χ0n) is 19.0. The number of rotatable bonds is 5. The van der Waals surface area contributed by atoms with E-state index in [1.165, 1.54) is 29.1 Å². The topological polar surface area (TPSA) is 69.2 Å². The minimum Gasteiger partial charge on any atom is -0.399 e. The molecule has 1 aromatic heterocycles. The summed E-state index contributed by atoms with van der Waals surface area (Å²) in [4.78, 5) is 3.61. The lowest BCUT2D eigenvalue weighted by molar-refractivity contribution is 0.0108. The summed E-state index contributed by atoms with van der Waals surface area (Å²) in [7, 11) is 0. The van der Waals surface area contributed by atoms with Crippen molar-refractivity contribution in [3.05, 3.63) is 95.2 Å². The molecule has 34 heavy (non-hydrogen) atoms. The molecule has 2 heterocycles. The van der Waals surface area contributed by atoms with Crippen LogP contribution in [-0.2, 0) is 4.74 Å². The highest BCUT2D eigenvalue weighted by atomic mass is 19.1. The highest BCUT2D eigenvalue weighted by Gasteiger charge is 2.36. The average Bonchev–Trinajstić information content (AvgIpc) is 3.46. The number of halogens is 2. The van der Waals surface area contributed by atoms with E-state index in [0.29, 0.717) is 41.5 Å². The van der Waals surface area contributed by atoms with Gasteiger partial charge in [0.2, 0.25) is 0 Å². The van der Waals surface area contributed by atoms with E-state index in [2.05, 4.69) is 16.9 Å². The predicted octanol–water partition coefficient (Wildman–Crippen LogP) is 5.20. The second-order valence-corrected chi connectivity index (χ2v) is 8.52. The first-order valence-electron chi connectivity index (χ1n) is 11.1. The van der Waals surface area contributed by atoms with Crippen molar-refractivity contribution in [2.45, 2.75) is 26.1 Å². The predicted molar refractivity (Wildman–Crippen MR) is 126 cm³/mol. The van der Waals surface area contributed by atoms with Crippen molar-refractivity contribution in [2.24, 2.45) is 0 Å². The Hall–Kier alpha value is -3.62. The van der Waals surface area contributed by atoms with E-state index in [0.717, 1.165) is 11.1 Å². The molecule has 2 N–H and O–H groups in total. The molecule has 0 saturated carbocycles. The van der Waals surface area contributed by atoms with Crippen molar-refractivity contribution in [3.63, 3.8) is 0 Å². The second-order valence-electron chi connectivity index (χ2n) is 8.52. The summed E-state index contributed by atoms with van der Waals surface area (Å²) in [6, 6.07) is 18.5. The molecule has 0 bridgehead atoms. The van der Waals surface area contributed by atoms with Gasteiger partial charge in [0.1, 0.15) is 23.0 Å². The van der Waals surface area contributed by atoms with Crippen LogP contribution in [0, 0.1) is 18.6 Å². The van der Waals surface area contributed by atoms with Gasteiger partial charge < -0.3 is 10.5 Å². The lowest BCUT2D eigenvalue weighted by Gasteiger charge is -2.28. The first-order chi connectivity index (χ1) is 16.4. The van der Waals surface area contributed by atoms with Crippen LogP contribution in [0.5, 0.6) is 0 Å². The zero-order chi connectivity index (χ0) is 23.8. The number of nitrogens with zero attached hydrogens (tertiary/aromatic N) is 4. The quantitative estimate of drug-likeness (QED) is 0.414. The Bertz CT molecular complexity index is 1280. The summed E-state index contributed by atoms with van der Waals surface area (Å²) in [6.45, 7) is 5.14. The highest BCUT2D eigenvalue weighted by molar-refractivity contribution is 5.62. The smallest absolute Gasteiger partial charge is 0.158 e. The van der Waals surface area contributed by atoms with Gasteiger partial charge in [-0.05, 0) is 73.5 Å². The van der Waals surface area contributed by atoms with Crippen LogP contribution in [0.4, 0.5) is 14.5 Å². The number of benzene rings is 3. The maximum Gasteiger partial charge on any atom is 0.158 e. The van der Waals surface area contributed by atoms with E-state index >= 15 is 0 Å². The Morgan fingerprint density at radius 1 is 0.971 bits per heavy atom. The molecule has 5 rings (SSSR count). The average molecular weight is 462 g/mol. The Morgan fingerprint density at radius 3 is 2.41 bits per heavy atom. The molecule has 0 radical (unpaired) electrons. The number of aromatic nitrogens is 3. The van der Waals surface area contributed by atoms with Gasteiger partial charge in [-0.15, -0.1) is 10.2 Å². The van der Waals surface area contributed by atoms with E-state index < -0.39 is 6.23 Å². The second kappa shape index (κ2) is 8.96. The Balaban J connectivity index is 1.59. The standard InChI is InChI=1S/C26H25F2N5O/c1-16-13-21(28)15-23(14-16)33-30-24(19-3-7-20(27)8-4-19)25(31-33)26-32(11-12-34-26)17(2)18-5-9-22(29)10-6-18/h3-10,13-15,17,26H,11-12,29H2,1-2H3. The third kappa shape index (κ3) is 4.30. The summed E-state index contributed by atoms with van der Waals surface area (Å²) in [5.74, 6) is -0.706. The summed E-state index contributed by atoms with van der Waals surface area (Å²) in [5.41, 5.74) is 10.8. The Kier molecular flexibility index (Phi) is 5.85. The monoisotopic (exact) mass is 461 g/mol. The molecule has 1 aliphatic rings.